The van der Waals surface area contributed by atoms with Crippen LogP contribution in [-0.4, -0.2) is 13.0 Å². The summed E-state index contributed by atoms with van der Waals surface area (Å²) in [5.74, 6) is -0.946. The van der Waals surface area contributed by atoms with Gasteiger partial charge in [0.15, 0.2) is 6.10 Å². The molecule has 23 heavy (non-hydrogen) atoms. The Morgan fingerprint density at radius 1 is 1.35 bits per heavy atom. The van der Waals surface area contributed by atoms with Crippen molar-refractivity contribution in [3.8, 4) is 6.07 Å². The molecule has 0 heterocycles. The van der Waals surface area contributed by atoms with Gasteiger partial charge in [-0.15, -0.1) is 0 Å². The molecule has 0 bridgehead atoms. The van der Waals surface area contributed by atoms with Crippen molar-refractivity contribution in [2.75, 3.05) is 7.11 Å². The third-order valence-electron chi connectivity index (χ3n) is 3.27. The fourth-order valence-electron chi connectivity index (χ4n) is 2.07. The van der Waals surface area contributed by atoms with Gasteiger partial charge in [0.05, 0.1) is 11.6 Å². The summed E-state index contributed by atoms with van der Waals surface area (Å²) >= 11 is 3.17. The third kappa shape index (κ3) is 4.38. The van der Waals surface area contributed by atoms with Gasteiger partial charge in [-0.05, 0) is 29.8 Å². The Balaban J connectivity index is 2.06. The van der Waals surface area contributed by atoms with Gasteiger partial charge < -0.3 is 10.1 Å². The molecular weight excluding hydrogens is 363 g/mol. The number of hydrogen-bond donors (Lipinski definition) is 1. The molecule has 0 aliphatic rings. The van der Waals surface area contributed by atoms with Crippen molar-refractivity contribution in [2.45, 2.75) is 12.6 Å². The lowest BCUT2D eigenvalue weighted by atomic mass is 10.1. The Morgan fingerprint density at radius 2 is 2.04 bits per heavy atom. The Labute approximate surface area is 142 Å². The average Bonchev–Trinajstić information content (AvgIpc) is 2.56. The summed E-state index contributed by atoms with van der Waals surface area (Å²) in [7, 11) is 1.35. The maximum Gasteiger partial charge on any atom is 0.254 e. The highest BCUT2D eigenvalue weighted by molar-refractivity contribution is 9.10. The molecule has 2 rings (SSSR count). The molecule has 2 aromatic carbocycles. The lowest BCUT2D eigenvalue weighted by Gasteiger charge is -2.16. The predicted octanol–water partition coefficient (Wildman–Crippen LogP) is 3.46. The molecule has 6 heteroatoms. The molecule has 1 amide bonds. The lowest BCUT2D eigenvalue weighted by molar-refractivity contribution is -0.131. The number of amides is 1. The van der Waals surface area contributed by atoms with E-state index >= 15 is 0 Å². The van der Waals surface area contributed by atoms with Crippen LogP contribution in [0.3, 0.4) is 0 Å². The molecule has 0 saturated heterocycles. The Hall–Kier alpha value is -2.23. The predicted molar refractivity (Wildman–Crippen MR) is 86.9 cm³/mol. The second-order valence-electron chi connectivity index (χ2n) is 4.81. The van der Waals surface area contributed by atoms with Crippen molar-refractivity contribution < 1.29 is 13.9 Å². The van der Waals surface area contributed by atoms with Crippen LogP contribution in [0, 0.1) is 17.1 Å². The van der Waals surface area contributed by atoms with E-state index in [-0.39, 0.29) is 12.1 Å². The first-order chi connectivity index (χ1) is 11.0. The van der Waals surface area contributed by atoms with Crippen LogP contribution in [0.4, 0.5) is 4.39 Å². The molecule has 0 spiro atoms. The van der Waals surface area contributed by atoms with Gasteiger partial charge in [0, 0.05) is 23.7 Å². The third-order valence-corrected chi connectivity index (χ3v) is 3.76. The highest BCUT2D eigenvalue weighted by Crippen LogP contribution is 2.23. The smallest absolute Gasteiger partial charge is 0.254 e. The number of nitrogens with one attached hydrogen (secondary N) is 1. The van der Waals surface area contributed by atoms with Gasteiger partial charge in [0.25, 0.3) is 5.91 Å². The van der Waals surface area contributed by atoms with E-state index in [1.165, 1.54) is 19.2 Å². The molecule has 118 valence electrons. The summed E-state index contributed by atoms with van der Waals surface area (Å²) < 4.78 is 19.7. The van der Waals surface area contributed by atoms with Crippen LogP contribution in [-0.2, 0) is 16.1 Å². The van der Waals surface area contributed by atoms with Gasteiger partial charge in [0.2, 0.25) is 0 Å². The maximum absolute atomic E-state index is 14.0. The Morgan fingerprint density at radius 3 is 2.61 bits per heavy atom. The van der Waals surface area contributed by atoms with Gasteiger partial charge in [-0.3, -0.25) is 4.79 Å². The number of methoxy groups -OCH3 is 1. The van der Waals surface area contributed by atoms with E-state index in [0.29, 0.717) is 10.0 Å². The number of benzene rings is 2. The highest BCUT2D eigenvalue weighted by Gasteiger charge is 2.23. The Bertz CT molecular complexity index is 741. The molecule has 0 aliphatic carbocycles. The zero-order chi connectivity index (χ0) is 16.8. The molecule has 2 aromatic rings. The molecule has 0 unspecified atom stereocenters. The van der Waals surface area contributed by atoms with Crippen LogP contribution < -0.4 is 5.32 Å². The van der Waals surface area contributed by atoms with Crippen molar-refractivity contribution in [2.24, 2.45) is 0 Å². The van der Waals surface area contributed by atoms with Crippen molar-refractivity contribution in [1.29, 1.82) is 5.26 Å². The zero-order valence-corrected chi connectivity index (χ0v) is 13.9. The molecule has 0 aliphatic heterocycles. The summed E-state index contributed by atoms with van der Waals surface area (Å²) in [5.41, 5.74) is 1.56. The summed E-state index contributed by atoms with van der Waals surface area (Å²) in [6.45, 7) is 0.266. The minimum Gasteiger partial charge on any atom is -0.367 e. The van der Waals surface area contributed by atoms with Gasteiger partial charge in [-0.1, -0.05) is 34.1 Å². The van der Waals surface area contributed by atoms with Crippen molar-refractivity contribution in [3.05, 3.63) is 69.4 Å². The molecule has 0 aromatic heterocycles. The van der Waals surface area contributed by atoms with E-state index in [1.807, 2.05) is 6.07 Å². The van der Waals surface area contributed by atoms with Crippen LogP contribution in [0.2, 0.25) is 0 Å². The van der Waals surface area contributed by atoms with Crippen molar-refractivity contribution in [1.82, 2.24) is 5.32 Å². The number of halogens is 2. The zero-order valence-electron chi connectivity index (χ0n) is 12.3. The van der Waals surface area contributed by atoms with Crippen molar-refractivity contribution >= 4 is 21.8 Å². The topological polar surface area (TPSA) is 62.1 Å². The molecule has 4 nitrogen and oxygen atoms in total. The van der Waals surface area contributed by atoms with Gasteiger partial charge >= 0.3 is 0 Å². The van der Waals surface area contributed by atoms with Crippen molar-refractivity contribution in [3.63, 3.8) is 0 Å². The number of carbonyl (C=O) groups excluding carboxylic acids is 1. The van der Waals surface area contributed by atoms with E-state index in [1.54, 1.807) is 30.3 Å². The summed E-state index contributed by atoms with van der Waals surface area (Å²) in [6, 6.07) is 13.3. The molecular formula is C17H14BrFN2O2. The van der Waals surface area contributed by atoms with Gasteiger partial charge in [-0.25, -0.2) is 4.39 Å². The number of nitrogens with zero attached hydrogens (tertiary/aromatic N) is 1. The molecule has 0 saturated carbocycles. The van der Waals surface area contributed by atoms with E-state index in [2.05, 4.69) is 21.2 Å². The molecule has 0 radical (unpaired) electrons. The fraction of sp³-hybridized carbons (Fsp3) is 0.176. The van der Waals surface area contributed by atoms with Gasteiger partial charge in [0.1, 0.15) is 5.82 Å². The normalized spacial score (nSPS) is 11.6. The number of rotatable bonds is 5. The van der Waals surface area contributed by atoms with Crippen LogP contribution in [0.5, 0.6) is 0 Å². The number of hydrogen-bond acceptors (Lipinski definition) is 3. The summed E-state index contributed by atoms with van der Waals surface area (Å²) in [6.07, 6.45) is -1.03. The first-order valence-corrected chi connectivity index (χ1v) is 7.59. The largest absolute Gasteiger partial charge is 0.367 e. The lowest BCUT2D eigenvalue weighted by Crippen LogP contribution is -2.30. The number of carbonyl (C=O) groups is 1. The van der Waals surface area contributed by atoms with E-state index in [0.717, 1.165) is 5.56 Å². The van der Waals surface area contributed by atoms with Crippen LogP contribution >= 0.6 is 15.9 Å². The molecule has 0 fully saturated rings. The second kappa shape index (κ2) is 7.86. The summed E-state index contributed by atoms with van der Waals surface area (Å²) in [4.78, 5) is 12.2. The monoisotopic (exact) mass is 376 g/mol. The molecule has 1 atom stereocenters. The van der Waals surface area contributed by atoms with E-state index in [4.69, 9.17) is 10.00 Å². The first-order valence-electron chi connectivity index (χ1n) is 6.79. The average molecular weight is 377 g/mol. The SMILES string of the molecule is CO[C@H](C(=O)NCc1ccc(C#N)cc1)c1ccc(Br)cc1F. The first kappa shape index (κ1) is 17.1. The van der Waals surface area contributed by atoms with Crippen LogP contribution in [0.15, 0.2) is 46.9 Å². The van der Waals surface area contributed by atoms with E-state index in [9.17, 15) is 9.18 Å². The van der Waals surface area contributed by atoms with Gasteiger partial charge in [-0.2, -0.15) is 5.26 Å². The fourth-order valence-corrected chi connectivity index (χ4v) is 2.40. The van der Waals surface area contributed by atoms with Crippen LogP contribution in [0.25, 0.3) is 0 Å². The van der Waals surface area contributed by atoms with Crippen LogP contribution in [0.1, 0.15) is 22.8 Å². The number of nitriles is 1. The number of ether oxygens (including phenoxy) is 1. The second-order valence-corrected chi connectivity index (χ2v) is 5.72. The minimum atomic E-state index is -1.03. The quantitative estimate of drug-likeness (QED) is 0.868. The summed E-state index contributed by atoms with van der Waals surface area (Å²) in [5, 5.41) is 11.5. The minimum absolute atomic E-state index is 0.174. The highest BCUT2D eigenvalue weighted by atomic mass is 79.9. The maximum atomic E-state index is 14.0. The standard InChI is InChI=1S/C17H14BrFN2O2/c1-23-16(14-7-6-13(18)8-15(14)19)17(22)21-10-12-4-2-11(9-20)3-5-12/h2-8,16H,10H2,1H3,(H,21,22)/t16-/m0/s1. The molecule has 1 N–H and O–H groups in total. The Kier molecular flexibility index (Phi) is 5.85. The van der Waals surface area contributed by atoms with E-state index < -0.39 is 17.8 Å².